The van der Waals surface area contributed by atoms with Gasteiger partial charge in [0.25, 0.3) is 5.69 Å². The average Bonchev–Trinajstić information content (AvgIpc) is 1.60. The number of nitro benzene ring substituents is 1. The van der Waals surface area contributed by atoms with E-state index in [-0.39, 0.29) is 128 Å². The van der Waals surface area contributed by atoms with E-state index in [1.807, 2.05) is 55.6 Å². The molecule has 15 atom stereocenters. The first-order valence-electron chi connectivity index (χ1n) is 38.4. The summed E-state index contributed by atoms with van der Waals surface area (Å²) < 4.78 is 63.1. The Morgan fingerprint density at radius 1 is 0.460 bits per heavy atom. The lowest BCUT2D eigenvalue weighted by Gasteiger charge is -2.36. The number of aliphatic hydroxyl groups excluding tert-OH is 4. The van der Waals surface area contributed by atoms with Gasteiger partial charge in [-0.25, -0.2) is 9.15 Å². The summed E-state index contributed by atoms with van der Waals surface area (Å²) in [5.41, 5.74) is 23.7. The van der Waals surface area contributed by atoms with E-state index in [9.17, 15) is 30.5 Å². The summed E-state index contributed by atoms with van der Waals surface area (Å²) in [7, 11) is 18.7. The smallest absolute Gasteiger partial charge is 0.278 e. The van der Waals surface area contributed by atoms with Crippen LogP contribution in [0.1, 0.15) is 120 Å². The number of ether oxygens (including phenoxy) is 10. The van der Waals surface area contributed by atoms with Crippen molar-refractivity contribution in [2.45, 2.75) is 172 Å². The van der Waals surface area contributed by atoms with Crippen molar-refractivity contribution in [3.05, 3.63) is 175 Å². The van der Waals surface area contributed by atoms with Crippen molar-refractivity contribution in [2.24, 2.45) is 5.73 Å². The SMILES string of the molecule is COc1cc(N)c2c3c1O[C@@H]1C[C@H](O)C=C[C@]31CCN(C)C2.COc1cc([N+](=O)[O-])c2c3c1O[C@@H]1C[C@H](O)C=C[C@]31CCN(C)C2.COc1ccc2c3c1O[C@@H]1C[C@@H](N)C=C[C@]31CCN(C)C2.COc1ccc2c3c1O[C@@H]1C[C@@H](O)C=C[C@]31CC[N+](C)=C2.COc1ccc2c3c1O[C@@H]1C[C@H](O)C=C[C@]31CC[N+](C)=C2.Cl.Cl.[Br-].[Br-]. The van der Waals surface area contributed by atoms with E-state index in [0.29, 0.717) is 55.0 Å². The fraction of sp³-hybridized carbons (Fsp3) is 0.506. The standard InChI is InChI=1S/C17H20N2O5.C17H22N2O3.C17H22N2O2.2C17H20NO3.2BrH.2ClH/c1-18-6-5-17-4-3-10(20)7-14(17)24-16-13(23-2)8-12(19(21)22)11(9-18)15(16)17;1-19-6-5-17-4-3-10(20)7-14(17)22-16-13(21-2)8-12(18)11(9-19)15(16)17;1-19-8-7-17-6-5-12(18)9-14(17)21-16-13(20-2)4-3-11(10-19)15(16)17;2*1-18-8-7-17-6-5-12(19)9-14(17)21-16-13(20-2)4-3-11(10-18)15(16)17;;;;/h3-4,8,10,14,20H,5-7,9H2,1-2H3;3-4,8,10,14,20H,5-7,9,18H2,1-2H3;3-6,12,14H,7-10,18H2,1-2H3;2*3-6,10,12,14,19H,7-9H2,1-2H3;4*1H/q;;;2*+1;;;;/p-2/t2*10-,14-,17-;2*12-,14+,17+;12-,14-,17-;;;;/m11001..../s1. The van der Waals surface area contributed by atoms with Gasteiger partial charge in [-0.15, -0.1) is 24.8 Å². The molecule has 0 unspecified atom stereocenters. The number of methoxy groups -OCH3 is 5. The van der Waals surface area contributed by atoms with Gasteiger partial charge >= 0.3 is 0 Å². The van der Waals surface area contributed by atoms with Gasteiger partial charge in [-0.1, -0.05) is 66.8 Å². The number of benzene rings is 5. The topological polar surface area (TPSA) is 284 Å². The zero-order valence-corrected chi connectivity index (χ0v) is 70.5. The van der Waals surface area contributed by atoms with E-state index in [4.69, 9.17) is 58.8 Å². The number of anilines is 1. The van der Waals surface area contributed by atoms with Gasteiger partial charge in [0.1, 0.15) is 57.7 Å². The maximum absolute atomic E-state index is 11.6. The monoisotopic (exact) mass is 1720 g/mol. The molecule has 24 nitrogen and oxygen atoms in total. The lowest BCUT2D eigenvalue weighted by Crippen LogP contribution is -3.00. The molecule has 5 aliphatic carbocycles. The highest BCUT2D eigenvalue weighted by Crippen LogP contribution is 2.62. The number of nitrogens with zero attached hydrogens (tertiary/aromatic N) is 6. The molecule has 0 radical (unpaired) electrons. The highest BCUT2D eigenvalue weighted by atomic mass is 79.9. The predicted octanol–water partition coefficient (Wildman–Crippen LogP) is 2.82. The summed E-state index contributed by atoms with van der Waals surface area (Å²) in [5, 5.41) is 51.6. The Bertz CT molecular complexity index is 4570. The minimum absolute atomic E-state index is 0. The summed E-state index contributed by atoms with van der Waals surface area (Å²) in [4.78, 5) is 18.1. The van der Waals surface area contributed by atoms with Crippen LogP contribution in [-0.2, 0) is 46.7 Å². The highest BCUT2D eigenvalue weighted by molar-refractivity contribution is 5.86. The van der Waals surface area contributed by atoms with E-state index < -0.39 is 29.8 Å². The molecule has 0 amide bonds. The Morgan fingerprint density at radius 3 is 1.21 bits per heavy atom. The Hall–Kier alpha value is -7.44. The predicted molar refractivity (Wildman–Crippen MR) is 426 cm³/mol. The van der Waals surface area contributed by atoms with Gasteiger partial charge in [-0.2, -0.15) is 0 Å². The lowest BCUT2D eigenvalue weighted by molar-refractivity contribution is -0.493. The summed E-state index contributed by atoms with van der Waals surface area (Å²) in [6.45, 7) is 7.04. The van der Waals surface area contributed by atoms with Crippen LogP contribution in [0.2, 0.25) is 0 Å². The molecule has 10 aliphatic heterocycles. The van der Waals surface area contributed by atoms with Gasteiger partial charge in [-0.3, -0.25) is 10.1 Å². The van der Waals surface area contributed by atoms with Crippen LogP contribution in [0, 0.1) is 10.1 Å². The van der Waals surface area contributed by atoms with Crippen LogP contribution in [0.3, 0.4) is 0 Å². The van der Waals surface area contributed by atoms with E-state index in [1.54, 1.807) is 34.5 Å². The molecule has 0 bridgehead atoms. The first-order valence-corrected chi connectivity index (χ1v) is 38.4. The number of nitro groups is 1. The second-order valence-corrected chi connectivity index (χ2v) is 32.5. The summed E-state index contributed by atoms with van der Waals surface area (Å²) >= 11 is 0. The van der Waals surface area contributed by atoms with Crippen molar-refractivity contribution < 1.29 is 116 Å². The summed E-state index contributed by atoms with van der Waals surface area (Å²) in [5.74, 6) is 7.53. The van der Waals surface area contributed by atoms with E-state index in [2.05, 4.69) is 113 Å². The quantitative estimate of drug-likeness (QED) is 0.0469. The number of hydrogen-bond acceptors (Lipinski definition) is 21. The number of nitrogens with two attached hydrogens (primary N) is 2. The molecule has 0 saturated carbocycles. The van der Waals surface area contributed by atoms with Crippen LogP contribution in [0.5, 0.6) is 57.5 Å². The van der Waals surface area contributed by atoms with E-state index >= 15 is 0 Å². The zero-order chi connectivity index (χ0) is 76.4. The molecule has 28 heteroatoms. The summed E-state index contributed by atoms with van der Waals surface area (Å²) in [6, 6.07) is 15.8. The second-order valence-electron chi connectivity index (χ2n) is 32.5. The maximum atomic E-state index is 11.6. The normalized spacial score (nSPS) is 31.4. The third-order valence-corrected chi connectivity index (χ3v) is 25.9. The van der Waals surface area contributed by atoms with Crippen LogP contribution in [0.25, 0.3) is 0 Å². The minimum atomic E-state index is -0.555. The van der Waals surface area contributed by atoms with Crippen LogP contribution in [0.4, 0.5) is 11.4 Å². The van der Waals surface area contributed by atoms with Gasteiger partial charge in [0.2, 0.25) is 0 Å². The molecule has 0 saturated heterocycles. The molecular formula is C85H106Br2Cl2N8O16. The van der Waals surface area contributed by atoms with Crippen molar-refractivity contribution in [1.82, 2.24) is 14.7 Å². The van der Waals surface area contributed by atoms with E-state index in [1.165, 1.54) is 52.1 Å². The first-order chi connectivity index (χ1) is 52.4. The fourth-order valence-electron chi connectivity index (χ4n) is 20.4. The second kappa shape index (κ2) is 32.9. The maximum Gasteiger partial charge on any atom is 0.278 e. The van der Waals surface area contributed by atoms with Crippen molar-refractivity contribution in [1.29, 1.82) is 0 Å². The molecule has 5 spiro atoms. The zero-order valence-electron chi connectivity index (χ0n) is 65.6. The molecule has 610 valence electrons. The van der Waals surface area contributed by atoms with Gasteiger partial charge in [0.05, 0.1) is 104 Å². The van der Waals surface area contributed by atoms with Crippen LogP contribution in [0.15, 0.2) is 109 Å². The molecule has 15 aliphatic rings. The van der Waals surface area contributed by atoms with E-state index in [0.717, 1.165) is 141 Å². The molecule has 20 rings (SSSR count). The van der Waals surface area contributed by atoms with Gasteiger partial charge in [0, 0.05) is 121 Å². The number of rotatable bonds is 6. The van der Waals surface area contributed by atoms with Crippen molar-refractivity contribution in [3.8, 4) is 57.5 Å². The van der Waals surface area contributed by atoms with Crippen LogP contribution >= 0.6 is 24.8 Å². The molecule has 8 N–H and O–H groups in total. The van der Waals surface area contributed by atoms with Crippen molar-refractivity contribution in [2.75, 3.05) is 109 Å². The van der Waals surface area contributed by atoms with Crippen LogP contribution < -0.4 is 92.8 Å². The van der Waals surface area contributed by atoms with Gasteiger partial charge < -0.3 is 128 Å². The number of halogens is 4. The molecule has 5 aromatic carbocycles. The fourth-order valence-corrected chi connectivity index (χ4v) is 20.4. The molecule has 10 heterocycles. The molecule has 113 heavy (non-hydrogen) atoms. The van der Waals surface area contributed by atoms with Crippen LogP contribution in [-0.4, -0.2) is 226 Å². The number of aliphatic hydroxyl groups is 4. The van der Waals surface area contributed by atoms with Crippen molar-refractivity contribution in [3.63, 3.8) is 0 Å². The van der Waals surface area contributed by atoms with Gasteiger partial charge in [-0.05, 0) is 101 Å². The molecule has 5 aromatic rings. The Labute approximate surface area is 694 Å². The largest absolute Gasteiger partial charge is 1.00 e. The Kier molecular flexibility index (Phi) is 24.7. The third-order valence-electron chi connectivity index (χ3n) is 25.9. The average molecular weight is 1730 g/mol. The third kappa shape index (κ3) is 14.3. The number of nitrogen functional groups attached to an aromatic ring is 1. The van der Waals surface area contributed by atoms with Gasteiger partial charge in [0.15, 0.2) is 69.9 Å². The molecule has 0 aromatic heterocycles. The number of hydrogen-bond donors (Lipinski definition) is 6. The molecular weight excluding hydrogens is 1620 g/mol. The minimum Gasteiger partial charge on any atom is -1.00 e. The van der Waals surface area contributed by atoms with Crippen molar-refractivity contribution >= 4 is 48.6 Å². The first kappa shape index (κ1) is 84.9. The highest BCUT2D eigenvalue weighted by Gasteiger charge is 2.59. The Balaban J connectivity index is 0.000000130. The Morgan fingerprint density at radius 2 is 0.796 bits per heavy atom. The lowest BCUT2D eigenvalue weighted by atomic mass is 9.69. The summed E-state index contributed by atoms with van der Waals surface area (Å²) in [6.07, 6.45) is 30.8. The molecule has 0 fully saturated rings.